The van der Waals surface area contributed by atoms with Crippen LogP contribution in [0, 0.1) is 12.1 Å². The number of ether oxygens (including phenoxy) is 1. The number of hydrogen-bond donors (Lipinski definition) is 0. The summed E-state index contributed by atoms with van der Waals surface area (Å²) in [5.41, 5.74) is 1.04. The Bertz CT molecular complexity index is 157. The third-order valence-electron chi connectivity index (χ3n) is 1.01. The van der Waals surface area contributed by atoms with Crippen LogP contribution < -0.4 is 0 Å². The van der Waals surface area contributed by atoms with Crippen LogP contribution in [0.1, 0.15) is 5.56 Å². The van der Waals surface area contributed by atoms with Crippen LogP contribution in [-0.2, 0) is 11.3 Å². The minimum absolute atomic E-state index is 0.622. The predicted molar refractivity (Wildman–Crippen MR) is 34.8 cm³/mol. The van der Waals surface area contributed by atoms with Gasteiger partial charge in [-0.1, -0.05) is 18.2 Å². The molecule has 0 heterocycles. The van der Waals surface area contributed by atoms with E-state index in [-0.39, 0.29) is 0 Å². The Hall–Kier alpha value is -1.00. The van der Waals surface area contributed by atoms with Crippen molar-refractivity contribution >= 4 is 0 Å². The Morgan fingerprint density at radius 2 is 2.56 bits per heavy atom. The molecule has 0 aliphatic heterocycles. The van der Waals surface area contributed by atoms with E-state index < -0.39 is 0 Å². The van der Waals surface area contributed by atoms with Gasteiger partial charge in [-0.25, -0.2) is 0 Å². The monoisotopic (exact) mass is 120 g/mol. The van der Waals surface area contributed by atoms with Gasteiger partial charge in [0.2, 0.25) is 0 Å². The summed E-state index contributed by atoms with van der Waals surface area (Å²) < 4.78 is 4.88. The van der Waals surface area contributed by atoms with E-state index in [0.717, 1.165) is 5.56 Å². The van der Waals surface area contributed by atoms with Gasteiger partial charge in [0, 0.05) is 12.7 Å². The van der Waals surface area contributed by atoms with Gasteiger partial charge < -0.3 is 4.74 Å². The van der Waals surface area contributed by atoms with Crippen LogP contribution in [0.25, 0.3) is 0 Å². The molecule has 0 spiro atoms. The van der Waals surface area contributed by atoms with Gasteiger partial charge in [-0.2, -0.15) is 0 Å². The molecule has 0 bridgehead atoms. The number of methoxy groups -OCH3 is 1. The molecule has 1 nitrogen and oxygen atoms in total. The second kappa shape index (κ2) is 3.11. The molecule has 0 atom stereocenters. The van der Waals surface area contributed by atoms with Crippen molar-refractivity contribution in [3.63, 3.8) is 0 Å². The normalized spacial score (nSPS) is 8.56. The van der Waals surface area contributed by atoms with E-state index in [1.807, 2.05) is 18.2 Å². The van der Waals surface area contributed by atoms with Crippen molar-refractivity contribution in [3.8, 4) is 0 Å². The molecule has 0 aliphatic rings. The largest absolute Gasteiger partial charge is 0.379 e. The molecule has 0 saturated carbocycles. The summed E-state index contributed by atoms with van der Waals surface area (Å²) in [6, 6.07) is 11.5. The van der Waals surface area contributed by atoms with Crippen molar-refractivity contribution in [1.29, 1.82) is 0 Å². The average molecular weight is 120 g/mol. The summed E-state index contributed by atoms with van der Waals surface area (Å²) in [7, 11) is 1.67. The SMILES string of the molecule is COCc1c#cccc1. The highest BCUT2D eigenvalue weighted by molar-refractivity contribution is 5.05. The lowest BCUT2D eigenvalue weighted by atomic mass is 10.3. The molecule has 46 valence electrons. The number of rotatable bonds is 2. The van der Waals surface area contributed by atoms with Gasteiger partial charge in [-0.3, -0.25) is 0 Å². The maximum absolute atomic E-state index is 4.88. The van der Waals surface area contributed by atoms with Gasteiger partial charge in [-0.15, -0.1) is 0 Å². The van der Waals surface area contributed by atoms with E-state index in [1.165, 1.54) is 0 Å². The Labute approximate surface area is 55.3 Å². The topological polar surface area (TPSA) is 9.23 Å². The van der Waals surface area contributed by atoms with Crippen LogP contribution in [0.4, 0.5) is 0 Å². The first-order chi connectivity index (χ1) is 4.43. The van der Waals surface area contributed by atoms with Crippen molar-refractivity contribution in [1.82, 2.24) is 0 Å². The third-order valence-corrected chi connectivity index (χ3v) is 1.01. The molecule has 1 heteroatoms. The highest BCUT2D eigenvalue weighted by atomic mass is 16.5. The van der Waals surface area contributed by atoms with Crippen LogP contribution in [0.3, 0.4) is 0 Å². The highest BCUT2D eigenvalue weighted by Crippen LogP contribution is 1.93. The summed E-state index contributed by atoms with van der Waals surface area (Å²) in [5.74, 6) is 0. The smallest absolute Gasteiger partial charge is 0.0791 e. The first-order valence-corrected chi connectivity index (χ1v) is 2.79. The lowest BCUT2D eigenvalue weighted by Gasteiger charge is -1.91. The summed E-state index contributed by atoms with van der Waals surface area (Å²) in [5, 5.41) is 0. The Kier molecular flexibility index (Phi) is 2.12. The fourth-order valence-corrected chi connectivity index (χ4v) is 0.628. The van der Waals surface area contributed by atoms with Gasteiger partial charge in [0.15, 0.2) is 0 Å². The first kappa shape index (κ1) is 6.12. The Balaban J connectivity index is 2.61. The average Bonchev–Trinajstić information content (AvgIpc) is 1.91. The maximum Gasteiger partial charge on any atom is 0.0791 e. The maximum atomic E-state index is 4.88. The fraction of sp³-hybridized carbons (Fsp3) is 0.250. The minimum atomic E-state index is 0.622. The quantitative estimate of drug-likeness (QED) is 0.573. The van der Waals surface area contributed by atoms with Gasteiger partial charge >= 0.3 is 0 Å². The van der Waals surface area contributed by atoms with E-state index in [1.54, 1.807) is 7.11 Å². The Morgan fingerprint density at radius 1 is 1.67 bits per heavy atom. The molecule has 0 N–H and O–H groups in total. The molecule has 0 saturated heterocycles. The van der Waals surface area contributed by atoms with Crippen LogP contribution in [0.15, 0.2) is 18.2 Å². The number of hydrogen-bond acceptors (Lipinski definition) is 1. The van der Waals surface area contributed by atoms with Gasteiger partial charge in [0.05, 0.1) is 6.61 Å². The second-order valence-corrected chi connectivity index (χ2v) is 1.75. The second-order valence-electron chi connectivity index (χ2n) is 1.75. The van der Waals surface area contributed by atoms with E-state index in [9.17, 15) is 0 Å². The lowest BCUT2D eigenvalue weighted by Crippen LogP contribution is -1.83. The summed E-state index contributed by atoms with van der Waals surface area (Å²) in [6.07, 6.45) is 0. The molecule has 0 radical (unpaired) electrons. The minimum Gasteiger partial charge on any atom is -0.379 e. The van der Waals surface area contributed by atoms with Crippen LogP contribution in [0.5, 0.6) is 0 Å². The predicted octanol–water partition coefficient (Wildman–Crippen LogP) is 1.43. The van der Waals surface area contributed by atoms with Crippen LogP contribution in [-0.4, -0.2) is 7.11 Å². The lowest BCUT2D eigenvalue weighted by molar-refractivity contribution is 0.185. The molecular formula is C8H8O. The van der Waals surface area contributed by atoms with Crippen molar-refractivity contribution in [2.45, 2.75) is 6.61 Å². The summed E-state index contributed by atoms with van der Waals surface area (Å²) in [6.45, 7) is 0.622. The highest BCUT2D eigenvalue weighted by Gasteiger charge is 1.83. The van der Waals surface area contributed by atoms with Gasteiger partial charge in [0.1, 0.15) is 0 Å². The van der Waals surface area contributed by atoms with E-state index in [4.69, 9.17) is 4.74 Å². The summed E-state index contributed by atoms with van der Waals surface area (Å²) in [4.78, 5) is 0. The molecule has 1 rings (SSSR count). The van der Waals surface area contributed by atoms with Gasteiger partial charge in [0.25, 0.3) is 0 Å². The molecule has 0 aromatic heterocycles. The van der Waals surface area contributed by atoms with E-state index in [0.29, 0.717) is 6.61 Å². The Morgan fingerprint density at radius 3 is 3.11 bits per heavy atom. The molecule has 0 fully saturated rings. The van der Waals surface area contributed by atoms with Crippen molar-refractivity contribution < 1.29 is 4.74 Å². The molecule has 0 amide bonds. The van der Waals surface area contributed by atoms with Gasteiger partial charge in [-0.05, 0) is 12.1 Å². The van der Waals surface area contributed by atoms with Crippen molar-refractivity contribution in [2.24, 2.45) is 0 Å². The molecular weight excluding hydrogens is 112 g/mol. The standard InChI is InChI=1S/C8H8O/c1-9-7-8-5-3-2-4-6-8/h2-3,5H,7H2,1H3. The zero-order valence-electron chi connectivity index (χ0n) is 5.35. The molecule has 1 aromatic carbocycles. The molecule has 9 heavy (non-hydrogen) atoms. The fourth-order valence-electron chi connectivity index (χ4n) is 0.628. The molecule has 1 aromatic rings. The van der Waals surface area contributed by atoms with Crippen LogP contribution >= 0.6 is 0 Å². The zero-order chi connectivity index (χ0) is 6.53. The molecule has 0 aliphatic carbocycles. The summed E-state index contributed by atoms with van der Waals surface area (Å²) >= 11 is 0. The van der Waals surface area contributed by atoms with Crippen molar-refractivity contribution in [3.05, 3.63) is 35.9 Å². The first-order valence-electron chi connectivity index (χ1n) is 2.79. The van der Waals surface area contributed by atoms with Crippen LogP contribution in [0.2, 0.25) is 0 Å². The third kappa shape index (κ3) is 1.75. The zero-order valence-corrected chi connectivity index (χ0v) is 5.35. The van der Waals surface area contributed by atoms with Crippen molar-refractivity contribution in [2.75, 3.05) is 7.11 Å². The van der Waals surface area contributed by atoms with E-state index >= 15 is 0 Å². The van der Waals surface area contributed by atoms with E-state index in [2.05, 4.69) is 12.1 Å². The molecule has 0 unspecified atom stereocenters.